The number of aromatic nitrogens is 14. The molecule has 18 aromatic rings. The third-order valence-corrected chi connectivity index (χ3v) is 25.0. The number of nitrogens with zero attached hydrogens (tertiary/aromatic N) is 15. The summed E-state index contributed by atoms with van der Waals surface area (Å²) in [4.78, 5) is 155. The highest BCUT2D eigenvalue weighted by atomic mass is 32.1. The molecule has 37 nitrogen and oxygen atoms in total. The molecule has 10 aromatic heterocycles. The number of H-pyrrole nitrogens is 6. The van der Waals surface area contributed by atoms with E-state index in [2.05, 4.69) is 102 Å². The molecule has 13 N–H and O–H groups in total. The van der Waals surface area contributed by atoms with Gasteiger partial charge in [0.25, 0.3) is 23.6 Å². The molecule has 38 heteroatoms. The van der Waals surface area contributed by atoms with Crippen LogP contribution in [-0.2, 0) is 19.8 Å². The van der Waals surface area contributed by atoms with E-state index in [1.54, 1.807) is 248 Å². The number of rotatable bonds is 22. The first-order chi connectivity index (χ1) is 69.7. The van der Waals surface area contributed by atoms with Crippen LogP contribution in [0.2, 0.25) is 0 Å². The van der Waals surface area contributed by atoms with Gasteiger partial charge in [-0.15, -0.1) is 11.3 Å². The van der Waals surface area contributed by atoms with E-state index >= 15 is 0 Å². The lowest BCUT2D eigenvalue weighted by atomic mass is 10.0. The molecular weight excluding hydrogens is 1860 g/mol. The maximum atomic E-state index is 13.3. The van der Waals surface area contributed by atoms with Gasteiger partial charge in [0.2, 0.25) is 0 Å². The Labute approximate surface area is 828 Å². The van der Waals surface area contributed by atoms with Crippen molar-refractivity contribution < 1.29 is 63.6 Å². The van der Waals surface area contributed by atoms with E-state index in [1.807, 2.05) is 66.7 Å². The molecule has 0 spiro atoms. The Kier molecular flexibility index (Phi) is 26.6. The molecule has 0 saturated carbocycles. The van der Waals surface area contributed by atoms with Gasteiger partial charge in [-0.3, -0.25) is 77.6 Å². The van der Waals surface area contributed by atoms with E-state index in [9.17, 15) is 63.6 Å². The lowest BCUT2D eigenvalue weighted by Crippen LogP contribution is -2.43. The lowest BCUT2D eigenvalue weighted by molar-refractivity contribution is 0.0975. The Balaban J connectivity index is 0.000000127. The minimum atomic E-state index is -0.675. The number of aryl methyl sites for hydroxylation is 7. The molecule has 0 aliphatic carbocycles. The van der Waals surface area contributed by atoms with Crippen molar-refractivity contribution in [3.63, 3.8) is 0 Å². The highest BCUT2D eigenvalue weighted by Crippen LogP contribution is 2.39. The average molecular weight is 1950 g/mol. The van der Waals surface area contributed by atoms with Crippen LogP contribution in [0.4, 0.5) is 34.4 Å². The molecule has 4 amide bonds. The summed E-state index contributed by atoms with van der Waals surface area (Å²) in [7, 11) is 3.42. The summed E-state index contributed by atoms with van der Waals surface area (Å²) in [6.45, 7) is 15.8. The first kappa shape index (κ1) is 95.9. The highest BCUT2D eigenvalue weighted by molar-refractivity contribution is 7.16. The van der Waals surface area contributed by atoms with Crippen LogP contribution in [0, 0.1) is 34.6 Å². The van der Waals surface area contributed by atoms with Crippen LogP contribution in [0.5, 0.6) is 23.5 Å². The van der Waals surface area contributed by atoms with Gasteiger partial charge < -0.3 is 56.3 Å². The van der Waals surface area contributed by atoms with Crippen LogP contribution in [0.25, 0.3) is 43.6 Å². The normalized spacial score (nSPS) is 13.0. The number of anilines is 4. The van der Waals surface area contributed by atoms with Crippen LogP contribution in [0.1, 0.15) is 186 Å². The summed E-state index contributed by atoms with van der Waals surface area (Å²) in [5.74, 6) is 0.102. The molecule has 0 unspecified atom stereocenters. The fraction of sp³-hybridized carbons (Fsp3) is 0.121. The molecule has 8 aromatic carbocycles. The van der Waals surface area contributed by atoms with Crippen LogP contribution >= 0.6 is 11.3 Å². The third-order valence-electron chi connectivity index (χ3n) is 23.8. The second-order valence-electron chi connectivity index (χ2n) is 34.6. The second kappa shape index (κ2) is 40.2. The summed E-state index contributed by atoms with van der Waals surface area (Å²) in [5.41, 5.74) is 15.4. The molecule has 3 aliphatic heterocycles. The number of Topliss-reactive ketones (excluding diaryl/α,β-unsaturated/α-hetero) is 1. The molecule has 0 saturated heterocycles. The number of benzene rings is 8. The van der Waals surface area contributed by atoms with E-state index in [4.69, 9.17) is 0 Å². The van der Waals surface area contributed by atoms with Gasteiger partial charge in [-0.25, -0.2) is 24.7 Å². The predicted octanol–water partition coefficient (Wildman–Crippen LogP) is 17.7. The molecule has 0 fully saturated rings. The molecule has 13 heterocycles. The van der Waals surface area contributed by atoms with Gasteiger partial charge in [0.15, 0.2) is 64.1 Å². The number of aliphatic imine (C=N–C) groups is 6. The maximum Gasteiger partial charge on any atom is 0.278 e. The van der Waals surface area contributed by atoms with Gasteiger partial charge in [-0.1, -0.05) is 12.2 Å². The number of amidine groups is 2. The van der Waals surface area contributed by atoms with Crippen LogP contribution in [0.3, 0.4) is 0 Å². The Morgan fingerprint density at radius 3 is 1.04 bits per heavy atom. The van der Waals surface area contributed by atoms with Crippen LogP contribution < -0.4 is 20.9 Å². The molecule has 21 rings (SSSR count). The zero-order chi connectivity index (χ0) is 102. The van der Waals surface area contributed by atoms with Crippen molar-refractivity contribution in [3.8, 4) is 23.5 Å². The fourth-order valence-corrected chi connectivity index (χ4v) is 17.4. The van der Waals surface area contributed by atoms with Crippen LogP contribution in [-0.4, -0.2) is 192 Å². The number of hydrogen-bond donors (Lipinski definition) is 13. The monoisotopic (exact) mass is 1950 g/mol. The number of ketones is 5. The summed E-state index contributed by atoms with van der Waals surface area (Å²) >= 11 is 1.13. The van der Waals surface area contributed by atoms with Crippen molar-refractivity contribution in [2.45, 2.75) is 61.1 Å². The number of fused-ring (bicyclic) bond motifs is 5. The minimum absolute atomic E-state index is 0.0247. The molecule has 0 radical (unpaired) electrons. The van der Waals surface area contributed by atoms with Crippen molar-refractivity contribution >= 4 is 178 Å². The number of thiophene rings is 1. The molecule has 3 aliphatic rings. The van der Waals surface area contributed by atoms with Gasteiger partial charge in [0.05, 0.1) is 62.2 Å². The van der Waals surface area contributed by atoms with Crippen molar-refractivity contribution in [2.24, 2.45) is 44.0 Å². The number of aromatic amines is 6. The Morgan fingerprint density at radius 1 is 0.400 bits per heavy atom. The molecular formula is C107H90N24O13S. The van der Waals surface area contributed by atoms with Crippen molar-refractivity contribution in [1.29, 1.82) is 0 Å². The maximum absolute atomic E-state index is 13.3. The number of carbonyl (C=O) groups is 9. The van der Waals surface area contributed by atoms with Gasteiger partial charge in [-0.2, -0.15) is 25.5 Å². The lowest BCUT2D eigenvalue weighted by Gasteiger charge is -2.32. The van der Waals surface area contributed by atoms with E-state index in [0.29, 0.717) is 196 Å². The third kappa shape index (κ3) is 20.6. The smallest absolute Gasteiger partial charge is 0.278 e. The summed E-state index contributed by atoms with van der Waals surface area (Å²) in [5, 5.41) is 79.1. The zero-order valence-corrected chi connectivity index (χ0v) is 80.1. The van der Waals surface area contributed by atoms with E-state index in [0.717, 1.165) is 39.8 Å². The Bertz CT molecular complexity index is 8540. The Morgan fingerprint density at radius 2 is 0.731 bits per heavy atom. The minimum Gasteiger partial charge on any atom is -0.494 e. The molecule has 145 heavy (non-hydrogen) atoms. The number of carbonyl (C=O) groups excluding carboxylic acids is 9. The Hall–Kier alpha value is -19.4. The number of aromatic hydroxyl groups is 4. The fourth-order valence-electron chi connectivity index (χ4n) is 16.6. The summed E-state index contributed by atoms with van der Waals surface area (Å²) in [6, 6.07) is 59.6. The number of amides is 4. The van der Waals surface area contributed by atoms with Gasteiger partial charge >= 0.3 is 0 Å². The van der Waals surface area contributed by atoms with Crippen LogP contribution in [0.15, 0.2) is 267 Å². The average Bonchev–Trinajstić information content (AvgIpc) is 1.57. The zero-order valence-electron chi connectivity index (χ0n) is 79.3. The predicted molar refractivity (Wildman–Crippen MR) is 556 cm³/mol. The number of hydrogen-bond acceptors (Lipinski definition) is 25. The van der Waals surface area contributed by atoms with E-state index in [1.165, 1.54) is 34.9 Å². The van der Waals surface area contributed by atoms with Crippen molar-refractivity contribution in [3.05, 3.63) is 359 Å². The number of nitrogens with one attached hydrogen (secondary N) is 9. The summed E-state index contributed by atoms with van der Waals surface area (Å²) < 4.78 is 4.78. The van der Waals surface area contributed by atoms with Crippen molar-refractivity contribution in [1.82, 2.24) is 69.7 Å². The summed E-state index contributed by atoms with van der Waals surface area (Å²) in [6.07, 6.45) is 13.5. The first-order valence-electron chi connectivity index (χ1n) is 45.3. The van der Waals surface area contributed by atoms with Gasteiger partial charge in [-0.05, 0) is 268 Å². The standard InChI is InChI=1S/C28H24N6O3.C27H21N5O4S.C26H23N7O3.C26H22N6O3/c1-16-13-23-27(37)33(28(2,3)34(23)32-16)19-9-6-17(7-10-19)25(35)18-8-11-22-20(14-18)21(26(36)31-22)15-30-24-5-4-12-29-24;1-14-11-24(32-31-14)28-13-20-19-12-17(5-8-21(19)30-26(20)35)25(34)16-3-6-18(7-4-16)29-27(36)23-10-9-22(37-23)15(2)33;1-14-11-23(31-30-14)27-13-20-19-12-17(6-9-21(19)29-25(20)35)24(34)16-4-7-18(8-5-16)28-26(36)22-10-15(2)32-33(22)3;1-15-12-22(32(2)31-15)26(35)29-18-8-5-16(6-9-18)24(33)17-7-10-21-19(13-17)20(25(34)30-21)14-28-23-4-3-11-27-23/h4-11,13-15,31,36H,12H2,1-3H3;3-13,30,35H,1-2H3,(H,29,36)(H,31,32);4-13,29,35H,1-3H3,(H,28,36)(H,30,31);3-10,12-14,30,34H,11H2,1-2H3,(H,29,35). The van der Waals surface area contributed by atoms with E-state index < -0.39 is 5.66 Å². The van der Waals surface area contributed by atoms with E-state index in [-0.39, 0.29) is 76.1 Å². The highest BCUT2D eigenvalue weighted by Gasteiger charge is 2.45. The van der Waals surface area contributed by atoms with Crippen molar-refractivity contribution in [2.75, 3.05) is 33.9 Å². The molecule has 722 valence electrons. The molecule has 0 atom stereocenters. The van der Waals surface area contributed by atoms with Gasteiger partial charge in [0, 0.05) is 173 Å². The van der Waals surface area contributed by atoms with Gasteiger partial charge in [0.1, 0.15) is 34.4 Å². The SMILES string of the molecule is CC(=O)c1ccc(C(=O)Nc2ccc(C(=O)c3ccc4[nH]c(O)c(C=Nc5cc(C)[nH]n5)c4c3)cc2)s1.Cc1cc(C(=O)Nc2ccc(C(=O)c3ccc4[nH]c(O)c(C=NC5=NCC=C5)c4c3)cc2)n(C)n1.Cc1cc(C(=O)Nc2ccc(C(=O)c3ccc4[nH]c(O)c(C=Nc5cc(C)[nH]n5)c4c3)cc2)n(C)n1.Cc1cc2n(n1)C(C)(C)N(c1ccc(C(=O)c3ccc4[nH]c(O)c(C=NC5=NCC=C5)c4c3)cc1)C2=O. The second-order valence-corrected chi connectivity index (χ2v) is 35.7. The largest absolute Gasteiger partial charge is 0.494 e. The topological polar surface area (TPSA) is 522 Å². The quantitative estimate of drug-likeness (QED) is 0.0221. The first-order valence-corrected chi connectivity index (χ1v) is 46.1. The molecule has 0 bridgehead atoms.